The molecule has 14 heavy (non-hydrogen) atoms. The molecule has 82 valence electrons. The van der Waals surface area contributed by atoms with Crippen molar-refractivity contribution in [1.29, 1.82) is 0 Å². The lowest BCUT2D eigenvalue weighted by atomic mass is 9.98. The van der Waals surface area contributed by atoms with Gasteiger partial charge in [-0.3, -0.25) is 4.79 Å². The van der Waals surface area contributed by atoms with Crippen LogP contribution in [-0.2, 0) is 4.79 Å². The van der Waals surface area contributed by atoms with Gasteiger partial charge >= 0.3 is 0 Å². The number of hydrogen-bond acceptors (Lipinski definition) is 1. The highest BCUT2D eigenvalue weighted by Crippen LogP contribution is 2.35. The van der Waals surface area contributed by atoms with Gasteiger partial charge < -0.3 is 5.32 Å². The second-order valence-electron chi connectivity index (χ2n) is 4.49. The van der Waals surface area contributed by atoms with Gasteiger partial charge in [-0.2, -0.15) is 0 Å². The molecule has 1 aliphatic rings. The lowest BCUT2D eigenvalue weighted by Crippen LogP contribution is -2.24. The zero-order chi connectivity index (χ0) is 10.4. The summed E-state index contributed by atoms with van der Waals surface area (Å²) in [6, 6.07) is 0. The lowest BCUT2D eigenvalue weighted by Gasteiger charge is -2.10. The van der Waals surface area contributed by atoms with Gasteiger partial charge in [0, 0.05) is 13.0 Å². The molecule has 2 atom stereocenters. The molecule has 2 heteroatoms. The van der Waals surface area contributed by atoms with Crippen molar-refractivity contribution in [2.24, 2.45) is 11.8 Å². The van der Waals surface area contributed by atoms with Crippen molar-refractivity contribution in [3.05, 3.63) is 0 Å². The van der Waals surface area contributed by atoms with E-state index in [1.54, 1.807) is 0 Å². The summed E-state index contributed by atoms with van der Waals surface area (Å²) in [5, 5.41) is 2.88. The Balaban J connectivity index is 2.18. The Morgan fingerprint density at radius 2 is 2.00 bits per heavy atom. The van der Waals surface area contributed by atoms with Gasteiger partial charge in [0.1, 0.15) is 0 Å². The first-order valence-electron chi connectivity index (χ1n) is 6.02. The van der Waals surface area contributed by atoms with Gasteiger partial charge in [-0.25, -0.2) is 0 Å². The summed E-state index contributed by atoms with van der Waals surface area (Å²) >= 11 is 0. The van der Waals surface area contributed by atoms with E-state index in [9.17, 15) is 4.79 Å². The van der Waals surface area contributed by atoms with Gasteiger partial charge in [-0.05, 0) is 31.6 Å². The normalized spacial score (nSPS) is 26.4. The standard InChI is InChI=1S/C12H23NO/c1-3-5-10-6-7-11(8-10)9-12(14)13-4-2/h10-11H,3-9H2,1-2H3,(H,13,14)/t10-,11+/m1/s1. The molecule has 0 aromatic carbocycles. The summed E-state index contributed by atoms with van der Waals surface area (Å²) in [4.78, 5) is 11.4. The molecule has 1 saturated carbocycles. The zero-order valence-corrected chi connectivity index (χ0v) is 9.51. The molecule has 0 saturated heterocycles. The summed E-state index contributed by atoms with van der Waals surface area (Å²) in [7, 11) is 0. The molecule has 1 amide bonds. The van der Waals surface area contributed by atoms with Crippen LogP contribution in [0.3, 0.4) is 0 Å². The fourth-order valence-electron chi connectivity index (χ4n) is 2.57. The van der Waals surface area contributed by atoms with Crippen molar-refractivity contribution in [2.45, 2.75) is 52.4 Å². The molecule has 1 rings (SSSR count). The Morgan fingerprint density at radius 1 is 1.29 bits per heavy atom. The molecule has 0 aliphatic heterocycles. The Kier molecular flexibility index (Phi) is 4.99. The van der Waals surface area contributed by atoms with E-state index in [1.165, 1.54) is 32.1 Å². The fourth-order valence-corrected chi connectivity index (χ4v) is 2.57. The Morgan fingerprint density at radius 3 is 2.64 bits per heavy atom. The van der Waals surface area contributed by atoms with Gasteiger partial charge in [0.25, 0.3) is 0 Å². The first-order valence-corrected chi connectivity index (χ1v) is 6.02. The van der Waals surface area contributed by atoms with E-state index in [0.717, 1.165) is 18.9 Å². The summed E-state index contributed by atoms with van der Waals surface area (Å²) in [6.07, 6.45) is 7.29. The van der Waals surface area contributed by atoms with Gasteiger partial charge in [-0.1, -0.05) is 26.2 Å². The van der Waals surface area contributed by atoms with Crippen molar-refractivity contribution in [1.82, 2.24) is 5.32 Å². The van der Waals surface area contributed by atoms with Crippen LogP contribution in [-0.4, -0.2) is 12.5 Å². The maximum Gasteiger partial charge on any atom is 0.220 e. The van der Waals surface area contributed by atoms with Crippen LogP contribution >= 0.6 is 0 Å². The third-order valence-corrected chi connectivity index (χ3v) is 3.19. The van der Waals surface area contributed by atoms with Crippen molar-refractivity contribution >= 4 is 5.91 Å². The predicted octanol–water partition coefficient (Wildman–Crippen LogP) is 2.73. The number of rotatable bonds is 5. The van der Waals surface area contributed by atoms with E-state index >= 15 is 0 Å². The van der Waals surface area contributed by atoms with Crippen LogP contribution in [0.2, 0.25) is 0 Å². The van der Waals surface area contributed by atoms with Crippen molar-refractivity contribution in [3.8, 4) is 0 Å². The summed E-state index contributed by atoms with van der Waals surface area (Å²) in [6.45, 7) is 4.99. The summed E-state index contributed by atoms with van der Waals surface area (Å²) < 4.78 is 0. The first-order chi connectivity index (χ1) is 6.76. The molecule has 1 N–H and O–H groups in total. The molecule has 0 spiro atoms. The van der Waals surface area contributed by atoms with Crippen LogP contribution in [0, 0.1) is 11.8 Å². The number of nitrogens with one attached hydrogen (secondary N) is 1. The largest absolute Gasteiger partial charge is 0.356 e. The van der Waals surface area contributed by atoms with Crippen molar-refractivity contribution < 1.29 is 4.79 Å². The van der Waals surface area contributed by atoms with Crippen LogP contribution in [0.4, 0.5) is 0 Å². The number of carbonyl (C=O) groups is 1. The molecule has 2 nitrogen and oxygen atoms in total. The molecule has 0 aromatic rings. The van der Waals surface area contributed by atoms with E-state index in [1.807, 2.05) is 6.92 Å². The molecule has 1 fully saturated rings. The van der Waals surface area contributed by atoms with Crippen molar-refractivity contribution in [3.63, 3.8) is 0 Å². The minimum Gasteiger partial charge on any atom is -0.356 e. The molecule has 0 bridgehead atoms. The zero-order valence-electron chi connectivity index (χ0n) is 9.51. The lowest BCUT2D eigenvalue weighted by molar-refractivity contribution is -0.121. The molecule has 0 radical (unpaired) electrons. The number of carbonyl (C=O) groups excluding carboxylic acids is 1. The first kappa shape index (κ1) is 11.5. The molecule has 1 aliphatic carbocycles. The SMILES string of the molecule is CCC[C@@H]1CC[C@H](CC(=O)NCC)C1. The van der Waals surface area contributed by atoms with E-state index < -0.39 is 0 Å². The van der Waals surface area contributed by atoms with Gasteiger partial charge in [-0.15, -0.1) is 0 Å². The highest BCUT2D eigenvalue weighted by atomic mass is 16.1. The van der Waals surface area contributed by atoms with Crippen LogP contribution in [0.15, 0.2) is 0 Å². The topological polar surface area (TPSA) is 29.1 Å². The van der Waals surface area contributed by atoms with Crippen molar-refractivity contribution in [2.75, 3.05) is 6.54 Å². The van der Waals surface area contributed by atoms with Gasteiger partial charge in [0.05, 0.1) is 0 Å². The molecular weight excluding hydrogens is 174 g/mol. The van der Waals surface area contributed by atoms with E-state index in [-0.39, 0.29) is 5.91 Å². The highest BCUT2D eigenvalue weighted by molar-refractivity contribution is 5.76. The predicted molar refractivity (Wildman–Crippen MR) is 59.0 cm³/mol. The smallest absolute Gasteiger partial charge is 0.220 e. The summed E-state index contributed by atoms with van der Waals surface area (Å²) in [5.74, 6) is 1.81. The fraction of sp³-hybridized carbons (Fsp3) is 0.917. The maximum absolute atomic E-state index is 11.4. The Bertz CT molecular complexity index is 179. The van der Waals surface area contributed by atoms with Crippen LogP contribution in [0.5, 0.6) is 0 Å². The second-order valence-corrected chi connectivity index (χ2v) is 4.49. The quantitative estimate of drug-likeness (QED) is 0.721. The maximum atomic E-state index is 11.4. The van der Waals surface area contributed by atoms with Crippen LogP contribution in [0.25, 0.3) is 0 Å². The van der Waals surface area contributed by atoms with E-state index in [4.69, 9.17) is 0 Å². The van der Waals surface area contributed by atoms with Gasteiger partial charge in [0.15, 0.2) is 0 Å². The molecule has 0 aromatic heterocycles. The average molecular weight is 197 g/mol. The Hall–Kier alpha value is -0.530. The summed E-state index contributed by atoms with van der Waals surface area (Å²) in [5.41, 5.74) is 0. The highest BCUT2D eigenvalue weighted by Gasteiger charge is 2.25. The third kappa shape index (κ3) is 3.69. The minimum atomic E-state index is 0.245. The van der Waals surface area contributed by atoms with Gasteiger partial charge in [0.2, 0.25) is 5.91 Å². The van der Waals surface area contributed by atoms with E-state index in [2.05, 4.69) is 12.2 Å². The number of amides is 1. The second kappa shape index (κ2) is 6.05. The van der Waals surface area contributed by atoms with Crippen LogP contribution < -0.4 is 5.32 Å². The third-order valence-electron chi connectivity index (χ3n) is 3.19. The van der Waals surface area contributed by atoms with Crippen LogP contribution in [0.1, 0.15) is 52.4 Å². The molecule has 0 heterocycles. The molecule has 0 unspecified atom stereocenters. The number of hydrogen-bond donors (Lipinski definition) is 1. The minimum absolute atomic E-state index is 0.245. The molecular formula is C12H23NO. The average Bonchev–Trinajstić information content (AvgIpc) is 2.53. The Labute approximate surface area is 87.5 Å². The van der Waals surface area contributed by atoms with E-state index in [0.29, 0.717) is 5.92 Å². The monoisotopic (exact) mass is 197 g/mol.